The molecule has 0 amide bonds. The van der Waals surface area contributed by atoms with Crippen LogP contribution >= 0.6 is 0 Å². The minimum atomic E-state index is -2.51. The van der Waals surface area contributed by atoms with E-state index in [1.54, 1.807) is 7.11 Å². The molecule has 20 heavy (non-hydrogen) atoms. The molecule has 5 nitrogen and oxygen atoms in total. The highest BCUT2D eigenvalue weighted by atomic mass is 28.5. The SMILES string of the molecule is CCC(OC)[Si]1(C)O[Si](C)(C)O[Si](C)(C)O[Si](C)(C)O1. The Morgan fingerprint density at radius 2 is 1.10 bits per heavy atom. The summed E-state index contributed by atoms with van der Waals surface area (Å²) in [6.07, 6.45) is 0.870. The number of methoxy groups -OCH3 is 1. The zero-order chi connectivity index (χ0) is 15.8. The average Bonchev–Trinajstić information content (AvgIpc) is 2.09. The summed E-state index contributed by atoms with van der Waals surface area (Å²) in [5.41, 5.74) is -0.00358. The molecule has 0 radical (unpaired) electrons. The maximum atomic E-state index is 6.48. The topological polar surface area (TPSA) is 46.2 Å². The molecule has 0 aromatic heterocycles. The van der Waals surface area contributed by atoms with E-state index in [9.17, 15) is 0 Å². The summed E-state index contributed by atoms with van der Waals surface area (Å²) in [5, 5.41) is 0. The summed E-state index contributed by atoms with van der Waals surface area (Å²) in [4.78, 5) is 0. The molecule has 0 saturated carbocycles. The summed E-state index contributed by atoms with van der Waals surface area (Å²) >= 11 is 0. The molecule has 1 rings (SSSR count). The van der Waals surface area contributed by atoms with Crippen molar-refractivity contribution >= 4 is 34.2 Å². The van der Waals surface area contributed by atoms with Gasteiger partial charge in [0.25, 0.3) is 0 Å². The van der Waals surface area contributed by atoms with Crippen molar-refractivity contribution in [3.05, 3.63) is 0 Å². The van der Waals surface area contributed by atoms with E-state index in [2.05, 4.69) is 52.8 Å². The minimum Gasteiger partial charge on any atom is -0.416 e. The molecule has 1 aliphatic heterocycles. The molecule has 0 aromatic rings. The third kappa shape index (κ3) is 4.85. The fourth-order valence-corrected chi connectivity index (χ4v) is 24.8. The number of ether oxygens (including phenoxy) is 1. The van der Waals surface area contributed by atoms with E-state index in [1.165, 1.54) is 0 Å². The summed E-state index contributed by atoms with van der Waals surface area (Å²) in [6, 6.07) is 0. The lowest BCUT2D eigenvalue weighted by Crippen LogP contribution is -2.68. The van der Waals surface area contributed by atoms with Gasteiger partial charge in [-0.2, -0.15) is 0 Å². The fourth-order valence-electron chi connectivity index (χ4n) is 3.13. The monoisotopic (exact) mass is 354 g/mol. The largest absolute Gasteiger partial charge is 0.416 e. The van der Waals surface area contributed by atoms with Crippen molar-refractivity contribution < 1.29 is 21.2 Å². The van der Waals surface area contributed by atoms with Gasteiger partial charge in [0.1, 0.15) is 0 Å². The Kier molecular flexibility index (Phi) is 5.66. The van der Waals surface area contributed by atoms with Crippen molar-refractivity contribution in [3.63, 3.8) is 0 Å². The summed E-state index contributed by atoms with van der Waals surface area (Å²) < 4.78 is 31.2. The second-order valence-electron chi connectivity index (χ2n) is 6.76. The number of hydrogen-bond donors (Lipinski definition) is 0. The zero-order valence-electron chi connectivity index (χ0n) is 14.3. The smallest absolute Gasteiger partial charge is 0.347 e. The van der Waals surface area contributed by atoms with Crippen LogP contribution in [0.5, 0.6) is 0 Å². The Balaban J connectivity index is 3.15. The third-order valence-electron chi connectivity index (χ3n) is 3.12. The maximum Gasteiger partial charge on any atom is 0.347 e. The average molecular weight is 355 g/mol. The van der Waals surface area contributed by atoms with E-state index >= 15 is 0 Å². The molecule has 1 heterocycles. The van der Waals surface area contributed by atoms with Crippen molar-refractivity contribution in [2.24, 2.45) is 0 Å². The van der Waals surface area contributed by atoms with Gasteiger partial charge in [0.15, 0.2) is 0 Å². The molecule has 1 saturated heterocycles. The lowest BCUT2D eigenvalue weighted by Gasteiger charge is -2.49. The Hall–Kier alpha value is 0.668. The first kappa shape index (κ1) is 18.7. The van der Waals surface area contributed by atoms with Crippen LogP contribution in [0.1, 0.15) is 13.3 Å². The van der Waals surface area contributed by atoms with Crippen LogP contribution in [0, 0.1) is 0 Å². The fraction of sp³-hybridized carbons (Fsp3) is 1.00. The molecular weight excluding hydrogens is 324 g/mol. The Morgan fingerprint density at radius 3 is 1.40 bits per heavy atom. The number of rotatable bonds is 3. The van der Waals surface area contributed by atoms with Gasteiger partial charge in [-0.1, -0.05) is 6.92 Å². The third-order valence-corrected chi connectivity index (χ3v) is 20.0. The normalized spacial score (nSPS) is 29.2. The summed E-state index contributed by atoms with van der Waals surface area (Å²) in [5.74, 6) is 0. The second kappa shape index (κ2) is 6.05. The molecule has 1 aliphatic rings. The van der Waals surface area contributed by atoms with Gasteiger partial charge >= 0.3 is 34.2 Å². The van der Waals surface area contributed by atoms with Crippen molar-refractivity contribution in [2.45, 2.75) is 64.9 Å². The van der Waals surface area contributed by atoms with Gasteiger partial charge < -0.3 is 21.2 Å². The molecular formula is C11H30O5Si4. The lowest BCUT2D eigenvalue weighted by molar-refractivity contribution is 0.108. The van der Waals surface area contributed by atoms with Gasteiger partial charge in [0.2, 0.25) is 0 Å². The van der Waals surface area contributed by atoms with Crippen LogP contribution in [-0.4, -0.2) is 47.1 Å². The van der Waals surface area contributed by atoms with Gasteiger partial charge in [0, 0.05) is 7.11 Å². The van der Waals surface area contributed by atoms with E-state index in [0.29, 0.717) is 0 Å². The van der Waals surface area contributed by atoms with Gasteiger partial charge in [-0.3, -0.25) is 0 Å². The standard InChI is InChI=1S/C11H30O5Si4/c1-10-11(12-2)20(9)15-18(5,6)13-17(3,4)14-19(7,8)16-20/h11H,10H2,1-9H3. The summed E-state index contributed by atoms with van der Waals surface area (Å²) in [7, 11) is -7.56. The minimum absolute atomic E-state index is 0.00358. The molecule has 0 bridgehead atoms. The van der Waals surface area contributed by atoms with E-state index < -0.39 is 34.2 Å². The molecule has 0 aromatic carbocycles. The molecule has 0 spiro atoms. The lowest BCUT2D eigenvalue weighted by atomic mass is 10.5. The number of hydrogen-bond acceptors (Lipinski definition) is 5. The van der Waals surface area contributed by atoms with Gasteiger partial charge in [-0.15, -0.1) is 0 Å². The van der Waals surface area contributed by atoms with E-state index in [1.807, 2.05) is 0 Å². The summed E-state index contributed by atoms with van der Waals surface area (Å²) in [6.45, 7) is 16.6. The first-order chi connectivity index (χ1) is 8.85. The molecule has 0 aliphatic carbocycles. The predicted octanol–water partition coefficient (Wildman–Crippen LogP) is 3.21. The Labute approximate surface area is 127 Å². The molecule has 120 valence electrons. The van der Waals surface area contributed by atoms with Crippen LogP contribution < -0.4 is 0 Å². The van der Waals surface area contributed by atoms with Gasteiger partial charge in [0.05, 0.1) is 5.73 Å². The van der Waals surface area contributed by atoms with Crippen LogP contribution in [0.2, 0.25) is 45.8 Å². The highest BCUT2D eigenvalue weighted by Crippen LogP contribution is 2.33. The highest BCUT2D eigenvalue weighted by Gasteiger charge is 2.55. The van der Waals surface area contributed by atoms with Crippen LogP contribution in [0.25, 0.3) is 0 Å². The molecule has 1 atom stereocenters. The first-order valence-electron chi connectivity index (χ1n) is 7.18. The van der Waals surface area contributed by atoms with Crippen molar-refractivity contribution in [2.75, 3.05) is 7.11 Å². The van der Waals surface area contributed by atoms with E-state index in [-0.39, 0.29) is 5.73 Å². The van der Waals surface area contributed by atoms with Crippen LogP contribution in [-0.2, 0) is 21.2 Å². The van der Waals surface area contributed by atoms with Gasteiger partial charge in [-0.05, 0) is 52.2 Å². The first-order valence-corrected chi connectivity index (χ1v) is 18.0. The highest BCUT2D eigenvalue weighted by molar-refractivity contribution is 6.93. The Bertz CT molecular complexity index is 322. The molecule has 1 fully saturated rings. The molecule has 1 unspecified atom stereocenters. The van der Waals surface area contributed by atoms with Crippen LogP contribution in [0.15, 0.2) is 0 Å². The zero-order valence-corrected chi connectivity index (χ0v) is 18.3. The quantitative estimate of drug-likeness (QED) is 0.728. The van der Waals surface area contributed by atoms with E-state index in [4.69, 9.17) is 21.2 Å². The van der Waals surface area contributed by atoms with Crippen LogP contribution in [0.3, 0.4) is 0 Å². The Morgan fingerprint density at radius 1 is 0.750 bits per heavy atom. The van der Waals surface area contributed by atoms with Gasteiger partial charge in [-0.25, -0.2) is 0 Å². The predicted molar refractivity (Wildman–Crippen MR) is 89.5 cm³/mol. The molecule has 0 N–H and O–H groups in total. The van der Waals surface area contributed by atoms with Crippen molar-refractivity contribution in [1.82, 2.24) is 0 Å². The van der Waals surface area contributed by atoms with Crippen molar-refractivity contribution in [3.8, 4) is 0 Å². The molecule has 9 heteroatoms. The van der Waals surface area contributed by atoms with E-state index in [0.717, 1.165) is 6.42 Å². The van der Waals surface area contributed by atoms with Crippen molar-refractivity contribution in [1.29, 1.82) is 0 Å². The maximum absolute atomic E-state index is 6.48. The van der Waals surface area contributed by atoms with Crippen LogP contribution in [0.4, 0.5) is 0 Å². The second-order valence-corrected chi connectivity index (χ2v) is 21.1.